The highest BCUT2D eigenvalue weighted by Gasteiger charge is 2.48. The summed E-state index contributed by atoms with van der Waals surface area (Å²) in [5, 5.41) is 10.0. The van der Waals surface area contributed by atoms with Gasteiger partial charge in [0.15, 0.2) is 11.2 Å². The molecule has 3 heteroatoms. The van der Waals surface area contributed by atoms with Crippen molar-refractivity contribution in [3.63, 3.8) is 0 Å². The highest BCUT2D eigenvalue weighted by molar-refractivity contribution is 6.12. The van der Waals surface area contributed by atoms with E-state index in [-0.39, 0.29) is 5.78 Å². The van der Waals surface area contributed by atoms with Gasteiger partial charge >= 0.3 is 5.97 Å². The first kappa shape index (κ1) is 14.5. The van der Waals surface area contributed by atoms with Gasteiger partial charge in [-0.15, -0.1) is 0 Å². The molecule has 0 aliphatic heterocycles. The molecule has 0 spiro atoms. The molecule has 0 radical (unpaired) electrons. The van der Waals surface area contributed by atoms with E-state index in [1.807, 2.05) is 18.2 Å². The number of carboxylic acid groups (broad SMARTS) is 1. The summed E-state index contributed by atoms with van der Waals surface area (Å²) in [5.74, 6) is -1.46. The summed E-state index contributed by atoms with van der Waals surface area (Å²) in [5.41, 5.74) is 1.74. The normalized spacial score (nSPS) is 15.9. The number of fused-ring (bicyclic) bond motifs is 1. The Bertz CT molecular complexity index is 718. The second kappa shape index (κ2) is 5.41. The molecule has 1 aliphatic rings. The Morgan fingerprint density at radius 3 is 2.36 bits per heavy atom. The van der Waals surface area contributed by atoms with Gasteiger partial charge in [-0.2, -0.15) is 0 Å². The Morgan fingerprint density at radius 2 is 1.73 bits per heavy atom. The minimum Gasteiger partial charge on any atom is -0.480 e. The number of benzene rings is 2. The van der Waals surface area contributed by atoms with Gasteiger partial charge < -0.3 is 5.11 Å². The van der Waals surface area contributed by atoms with Crippen molar-refractivity contribution in [3.05, 3.63) is 70.8 Å². The lowest BCUT2D eigenvalue weighted by atomic mass is 9.69. The second-order valence-electron chi connectivity index (χ2n) is 5.77. The largest absolute Gasteiger partial charge is 0.480 e. The number of carboxylic acids is 1. The third kappa shape index (κ3) is 1.97. The summed E-state index contributed by atoms with van der Waals surface area (Å²) in [6.45, 7) is 1.37. The lowest BCUT2D eigenvalue weighted by Gasteiger charge is -2.30. The molecule has 0 bridgehead atoms. The van der Waals surface area contributed by atoms with Crippen molar-refractivity contribution in [2.75, 3.05) is 0 Å². The molecule has 2 aromatic rings. The molecule has 1 aliphatic carbocycles. The van der Waals surface area contributed by atoms with Gasteiger partial charge in [0.1, 0.15) is 0 Å². The van der Waals surface area contributed by atoms with Gasteiger partial charge in [0.2, 0.25) is 0 Å². The molecule has 112 valence electrons. The van der Waals surface area contributed by atoms with E-state index < -0.39 is 11.4 Å². The third-order valence-corrected chi connectivity index (χ3v) is 4.61. The first-order valence-corrected chi connectivity index (χ1v) is 7.49. The van der Waals surface area contributed by atoms with Gasteiger partial charge in [-0.3, -0.25) is 9.59 Å². The number of rotatable bonds is 4. The quantitative estimate of drug-likeness (QED) is 0.881. The zero-order valence-corrected chi connectivity index (χ0v) is 12.5. The number of hydrogen-bond acceptors (Lipinski definition) is 2. The Morgan fingerprint density at radius 1 is 1.00 bits per heavy atom. The maximum Gasteiger partial charge on any atom is 0.326 e. The second-order valence-corrected chi connectivity index (χ2v) is 5.77. The average molecular weight is 294 g/mol. The first-order valence-electron chi connectivity index (χ1n) is 7.49. The maximum atomic E-state index is 12.5. The van der Waals surface area contributed by atoms with Gasteiger partial charge in [0, 0.05) is 0 Å². The number of hydrogen-bond donors (Lipinski definition) is 1. The molecule has 0 fully saturated rings. The molecule has 22 heavy (non-hydrogen) atoms. The van der Waals surface area contributed by atoms with E-state index in [1.54, 1.807) is 30.3 Å². The molecule has 1 N–H and O–H groups in total. The minimum atomic E-state index is -1.61. The monoisotopic (exact) mass is 294 g/mol. The van der Waals surface area contributed by atoms with Crippen LogP contribution < -0.4 is 0 Å². The molecule has 1 unspecified atom stereocenters. The Labute approximate surface area is 129 Å². The molecular weight excluding hydrogens is 276 g/mol. The predicted molar refractivity (Wildman–Crippen MR) is 84.0 cm³/mol. The van der Waals surface area contributed by atoms with Crippen LogP contribution in [0.5, 0.6) is 0 Å². The van der Waals surface area contributed by atoms with Crippen LogP contribution in [0, 0.1) is 0 Å². The minimum absolute atomic E-state index is 0.355. The number of aliphatic carboxylic acids is 1. The van der Waals surface area contributed by atoms with Crippen molar-refractivity contribution in [2.24, 2.45) is 0 Å². The zero-order chi connectivity index (χ0) is 15.7. The Balaban J connectivity index is 2.35. The highest BCUT2D eigenvalue weighted by Crippen LogP contribution is 2.39. The lowest BCUT2D eigenvalue weighted by Crippen LogP contribution is -2.44. The van der Waals surface area contributed by atoms with Crippen molar-refractivity contribution in [1.29, 1.82) is 0 Å². The van der Waals surface area contributed by atoms with Crippen LogP contribution in [-0.2, 0) is 27.8 Å². The molecule has 3 rings (SSSR count). The predicted octanol–water partition coefficient (Wildman–Crippen LogP) is 3.14. The summed E-state index contributed by atoms with van der Waals surface area (Å²) in [4.78, 5) is 24.8. The molecule has 0 saturated carbocycles. The van der Waals surface area contributed by atoms with Crippen LogP contribution in [0.15, 0.2) is 48.5 Å². The molecule has 0 saturated heterocycles. The first-order chi connectivity index (χ1) is 10.6. The molecule has 2 aromatic carbocycles. The van der Waals surface area contributed by atoms with Crippen LogP contribution in [0.2, 0.25) is 0 Å². The molecule has 3 nitrogen and oxygen atoms in total. The SMILES string of the molecule is CC(=O)C(C(=O)O)(c1ccccc1)c1cccc2c1CCC2. The Kier molecular flexibility index (Phi) is 3.57. The van der Waals surface area contributed by atoms with Crippen molar-refractivity contribution in [3.8, 4) is 0 Å². The van der Waals surface area contributed by atoms with Crippen molar-refractivity contribution < 1.29 is 14.7 Å². The number of aryl methyl sites for hydroxylation is 1. The van der Waals surface area contributed by atoms with E-state index in [0.29, 0.717) is 11.1 Å². The number of ketones is 1. The standard InChI is InChI=1S/C19H18O3/c1-13(20)19(18(21)22,15-9-3-2-4-10-15)17-12-6-8-14-7-5-11-16(14)17/h2-4,6,8-10,12H,5,7,11H2,1H3,(H,21,22). The molecule has 1 atom stereocenters. The maximum absolute atomic E-state index is 12.5. The molecule has 0 aromatic heterocycles. The fourth-order valence-corrected chi connectivity index (χ4v) is 3.60. The molecular formula is C19H18O3. The van der Waals surface area contributed by atoms with Crippen LogP contribution in [-0.4, -0.2) is 16.9 Å². The Hall–Kier alpha value is -2.42. The van der Waals surface area contributed by atoms with Crippen LogP contribution in [0.25, 0.3) is 0 Å². The van der Waals surface area contributed by atoms with E-state index in [2.05, 4.69) is 0 Å². The van der Waals surface area contributed by atoms with Gasteiger partial charge in [-0.1, -0.05) is 48.5 Å². The van der Waals surface area contributed by atoms with E-state index in [1.165, 1.54) is 12.5 Å². The number of Topliss-reactive ketones (excluding diaryl/α,β-unsaturated/α-hetero) is 1. The lowest BCUT2D eigenvalue weighted by molar-refractivity contribution is -0.146. The fraction of sp³-hybridized carbons (Fsp3) is 0.263. The van der Waals surface area contributed by atoms with Gasteiger partial charge in [-0.25, -0.2) is 0 Å². The van der Waals surface area contributed by atoms with Crippen molar-refractivity contribution >= 4 is 11.8 Å². The number of carbonyl (C=O) groups is 2. The fourth-order valence-electron chi connectivity index (χ4n) is 3.60. The molecule has 0 amide bonds. The topological polar surface area (TPSA) is 54.4 Å². The summed E-state index contributed by atoms with van der Waals surface area (Å²) < 4.78 is 0. The van der Waals surface area contributed by atoms with Gasteiger partial charge in [-0.05, 0) is 48.4 Å². The summed E-state index contributed by atoms with van der Waals surface area (Å²) in [6, 6.07) is 14.5. The smallest absolute Gasteiger partial charge is 0.326 e. The summed E-state index contributed by atoms with van der Waals surface area (Å²) in [6.07, 6.45) is 2.79. The molecule has 0 heterocycles. The third-order valence-electron chi connectivity index (χ3n) is 4.61. The van der Waals surface area contributed by atoms with E-state index in [0.717, 1.165) is 24.8 Å². The van der Waals surface area contributed by atoms with Crippen LogP contribution in [0.1, 0.15) is 35.6 Å². The van der Waals surface area contributed by atoms with Crippen LogP contribution >= 0.6 is 0 Å². The summed E-state index contributed by atoms with van der Waals surface area (Å²) >= 11 is 0. The number of carbonyl (C=O) groups excluding carboxylic acids is 1. The highest BCUT2D eigenvalue weighted by atomic mass is 16.4. The summed E-state index contributed by atoms with van der Waals surface area (Å²) in [7, 11) is 0. The average Bonchev–Trinajstić information content (AvgIpc) is 2.97. The van der Waals surface area contributed by atoms with Crippen molar-refractivity contribution in [2.45, 2.75) is 31.6 Å². The van der Waals surface area contributed by atoms with Gasteiger partial charge in [0.25, 0.3) is 0 Å². The van der Waals surface area contributed by atoms with E-state index >= 15 is 0 Å². The van der Waals surface area contributed by atoms with Crippen molar-refractivity contribution in [1.82, 2.24) is 0 Å². The van der Waals surface area contributed by atoms with E-state index in [9.17, 15) is 14.7 Å². The zero-order valence-electron chi connectivity index (χ0n) is 12.5. The van der Waals surface area contributed by atoms with Crippen LogP contribution in [0.4, 0.5) is 0 Å². The van der Waals surface area contributed by atoms with E-state index in [4.69, 9.17) is 0 Å². The van der Waals surface area contributed by atoms with Gasteiger partial charge in [0.05, 0.1) is 0 Å². The van der Waals surface area contributed by atoms with Crippen LogP contribution in [0.3, 0.4) is 0 Å².